The summed E-state index contributed by atoms with van der Waals surface area (Å²) in [5.41, 5.74) is 5.98. The third-order valence-corrected chi connectivity index (χ3v) is 5.34. The summed E-state index contributed by atoms with van der Waals surface area (Å²) in [7, 11) is 0. The Hall–Kier alpha value is -3.47. The zero-order valence-corrected chi connectivity index (χ0v) is 15.4. The van der Waals surface area contributed by atoms with E-state index in [-0.39, 0.29) is 5.75 Å². The van der Waals surface area contributed by atoms with Gasteiger partial charge in [-0.2, -0.15) is 0 Å². The largest absolute Gasteiger partial charge is 0.507 e. The molecule has 2 aromatic carbocycles. The Morgan fingerprint density at radius 2 is 1.93 bits per heavy atom. The molecule has 0 amide bonds. The predicted octanol–water partition coefficient (Wildman–Crippen LogP) is 4.43. The topological polar surface area (TPSA) is 83.9 Å². The fourth-order valence-electron chi connectivity index (χ4n) is 3.64. The van der Waals surface area contributed by atoms with Crippen molar-refractivity contribution in [3.63, 3.8) is 0 Å². The molecule has 28 heavy (non-hydrogen) atoms. The first-order valence-electron chi connectivity index (χ1n) is 9.59. The van der Waals surface area contributed by atoms with Gasteiger partial charge in [0.1, 0.15) is 17.4 Å². The average molecular weight is 370 g/mol. The Balaban J connectivity index is 1.50. The third kappa shape index (κ3) is 3.05. The average Bonchev–Trinajstić information content (AvgIpc) is 3.44. The third-order valence-electron chi connectivity index (χ3n) is 5.34. The number of benzene rings is 2. The molecule has 0 radical (unpaired) electrons. The van der Waals surface area contributed by atoms with Gasteiger partial charge in [0, 0.05) is 41.0 Å². The van der Waals surface area contributed by atoms with Crippen LogP contribution in [0.5, 0.6) is 5.75 Å². The van der Waals surface area contributed by atoms with E-state index in [1.54, 1.807) is 6.07 Å². The van der Waals surface area contributed by atoms with Crippen molar-refractivity contribution < 1.29 is 5.11 Å². The van der Waals surface area contributed by atoms with Crippen molar-refractivity contribution in [1.82, 2.24) is 10.3 Å². The summed E-state index contributed by atoms with van der Waals surface area (Å²) in [6.45, 7) is 0.709. The number of rotatable bonds is 4. The highest BCUT2D eigenvalue weighted by atomic mass is 16.3. The molecule has 3 aromatic rings. The summed E-state index contributed by atoms with van der Waals surface area (Å²) in [5, 5.41) is 25.3. The first-order chi connectivity index (χ1) is 13.7. The van der Waals surface area contributed by atoms with E-state index in [4.69, 9.17) is 5.41 Å². The Morgan fingerprint density at radius 3 is 2.75 bits per heavy atom. The van der Waals surface area contributed by atoms with Crippen LogP contribution in [0.25, 0.3) is 22.8 Å². The van der Waals surface area contributed by atoms with Crippen molar-refractivity contribution in [2.45, 2.75) is 18.9 Å². The van der Waals surface area contributed by atoms with Gasteiger partial charge < -0.3 is 20.7 Å². The van der Waals surface area contributed by atoms with Crippen LogP contribution < -0.4 is 10.6 Å². The van der Waals surface area contributed by atoms with Crippen LogP contribution in [0.4, 0.5) is 5.82 Å². The molecule has 0 atom stereocenters. The minimum absolute atomic E-state index is 0.270. The van der Waals surface area contributed by atoms with E-state index < -0.39 is 0 Å². The summed E-state index contributed by atoms with van der Waals surface area (Å²) in [4.78, 5) is 3.27. The Morgan fingerprint density at radius 1 is 1.07 bits per heavy atom. The van der Waals surface area contributed by atoms with Gasteiger partial charge in [-0.05, 0) is 42.2 Å². The van der Waals surface area contributed by atoms with E-state index in [0.29, 0.717) is 18.4 Å². The van der Waals surface area contributed by atoms with Crippen LogP contribution in [-0.4, -0.2) is 28.5 Å². The zero-order chi connectivity index (χ0) is 19.1. The van der Waals surface area contributed by atoms with Gasteiger partial charge in [-0.25, -0.2) is 0 Å². The number of phenols is 1. The summed E-state index contributed by atoms with van der Waals surface area (Å²) < 4.78 is 0. The highest BCUT2D eigenvalue weighted by Gasteiger charge is 2.23. The van der Waals surface area contributed by atoms with E-state index in [2.05, 4.69) is 33.8 Å². The van der Waals surface area contributed by atoms with Crippen molar-refractivity contribution in [3.8, 4) is 16.9 Å². The van der Waals surface area contributed by atoms with Gasteiger partial charge in [0.05, 0.1) is 0 Å². The standard InChI is InChI=1S/C23H22N4O/c24-22(27-17-8-9-17)15-5-3-4-14(10-15)16-11-19-20(13-26-23(19)25-12-16)18-6-1-2-7-21(18)28/h1-7,10-11,13,17,25-26,28H,8-9,12H2,(H2,24,27). The molecule has 1 saturated carbocycles. The van der Waals surface area contributed by atoms with Crippen LogP contribution in [0.15, 0.2) is 54.7 Å². The van der Waals surface area contributed by atoms with Gasteiger partial charge in [0.2, 0.25) is 0 Å². The molecular formula is C23H22N4O. The monoisotopic (exact) mass is 370 g/mol. The number of aromatic amines is 1. The summed E-state index contributed by atoms with van der Waals surface area (Å²) in [5.74, 6) is 1.72. The van der Waals surface area contributed by atoms with Crippen molar-refractivity contribution in [1.29, 1.82) is 5.41 Å². The molecule has 1 fully saturated rings. The summed E-state index contributed by atoms with van der Waals surface area (Å²) >= 11 is 0. The normalized spacial score (nSPS) is 15.4. The van der Waals surface area contributed by atoms with Gasteiger partial charge in [-0.15, -0.1) is 0 Å². The van der Waals surface area contributed by atoms with E-state index in [1.165, 1.54) is 0 Å². The molecule has 0 bridgehead atoms. The first-order valence-corrected chi connectivity index (χ1v) is 9.59. The van der Waals surface area contributed by atoms with Crippen LogP contribution in [0.1, 0.15) is 29.5 Å². The number of hydrogen-bond acceptors (Lipinski definition) is 3. The van der Waals surface area contributed by atoms with E-state index in [1.807, 2.05) is 36.5 Å². The highest BCUT2D eigenvalue weighted by Crippen LogP contribution is 2.39. The maximum absolute atomic E-state index is 10.3. The van der Waals surface area contributed by atoms with Gasteiger partial charge in [-0.1, -0.05) is 36.4 Å². The number of aromatic nitrogens is 1. The lowest BCUT2D eigenvalue weighted by Gasteiger charge is -2.18. The number of anilines is 1. The molecule has 0 unspecified atom stereocenters. The molecule has 5 heteroatoms. The van der Waals surface area contributed by atoms with Crippen molar-refractivity contribution in [3.05, 3.63) is 71.4 Å². The second-order valence-electron chi connectivity index (χ2n) is 7.41. The highest BCUT2D eigenvalue weighted by molar-refractivity contribution is 6.00. The quantitative estimate of drug-likeness (QED) is 0.348. The molecule has 1 aliphatic heterocycles. The number of para-hydroxylation sites is 1. The van der Waals surface area contributed by atoms with Gasteiger partial charge in [0.15, 0.2) is 0 Å². The fourth-order valence-corrected chi connectivity index (χ4v) is 3.64. The van der Waals surface area contributed by atoms with E-state index in [9.17, 15) is 5.11 Å². The lowest BCUT2D eigenvalue weighted by Crippen LogP contribution is -2.25. The van der Waals surface area contributed by atoms with Crippen LogP contribution in [0, 0.1) is 5.41 Å². The van der Waals surface area contributed by atoms with Crippen molar-refractivity contribution in [2.24, 2.45) is 0 Å². The number of aromatic hydroxyl groups is 1. The molecule has 0 spiro atoms. The van der Waals surface area contributed by atoms with Crippen molar-refractivity contribution in [2.75, 3.05) is 11.9 Å². The van der Waals surface area contributed by atoms with Crippen LogP contribution in [-0.2, 0) is 0 Å². The molecule has 5 nitrogen and oxygen atoms in total. The molecule has 5 rings (SSSR count). The van der Waals surface area contributed by atoms with E-state index in [0.717, 1.165) is 52.0 Å². The van der Waals surface area contributed by atoms with Crippen molar-refractivity contribution >= 4 is 23.3 Å². The van der Waals surface area contributed by atoms with Gasteiger partial charge >= 0.3 is 0 Å². The van der Waals surface area contributed by atoms with Gasteiger partial charge in [-0.3, -0.25) is 5.41 Å². The van der Waals surface area contributed by atoms with E-state index >= 15 is 0 Å². The molecule has 1 aromatic heterocycles. The fraction of sp³-hybridized carbons (Fsp3) is 0.174. The maximum atomic E-state index is 10.3. The number of H-pyrrole nitrogens is 1. The van der Waals surface area contributed by atoms with Crippen LogP contribution >= 0.6 is 0 Å². The molecule has 140 valence electrons. The number of nitrogens with one attached hydrogen (secondary N) is 4. The second-order valence-corrected chi connectivity index (χ2v) is 7.41. The molecule has 0 saturated heterocycles. The lowest BCUT2D eigenvalue weighted by molar-refractivity contribution is 0.477. The minimum Gasteiger partial charge on any atom is -0.507 e. The molecule has 2 aliphatic rings. The molecular weight excluding hydrogens is 348 g/mol. The zero-order valence-electron chi connectivity index (χ0n) is 15.4. The van der Waals surface area contributed by atoms with Crippen LogP contribution in [0.2, 0.25) is 0 Å². The molecule has 5 N–H and O–H groups in total. The number of phenolic OH excluding ortho intramolecular Hbond substituents is 1. The maximum Gasteiger partial charge on any atom is 0.125 e. The smallest absolute Gasteiger partial charge is 0.125 e. The van der Waals surface area contributed by atoms with Crippen LogP contribution in [0.3, 0.4) is 0 Å². The molecule has 2 heterocycles. The Labute approximate surface area is 163 Å². The Kier molecular flexibility index (Phi) is 3.93. The lowest BCUT2D eigenvalue weighted by atomic mass is 9.95. The predicted molar refractivity (Wildman–Crippen MR) is 114 cm³/mol. The SMILES string of the molecule is N=C(NC1CC1)c1cccc(C2=Cc3c(-c4ccccc4O)c[nH]c3NC2)c1. The second kappa shape index (κ2) is 6.60. The summed E-state index contributed by atoms with van der Waals surface area (Å²) in [6.07, 6.45) is 6.41. The van der Waals surface area contributed by atoms with Gasteiger partial charge in [0.25, 0.3) is 0 Å². The minimum atomic E-state index is 0.270. The number of hydrogen-bond donors (Lipinski definition) is 5. The number of amidine groups is 1. The first kappa shape index (κ1) is 16.7. The Bertz CT molecular complexity index is 1090. The molecule has 1 aliphatic carbocycles. The summed E-state index contributed by atoms with van der Waals surface area (Å²) in [6, 6.07) is 16.0. The number of fused-ring (bicyclic) bond motifs is 1.